The number of nitrogens with two attached hydrogens (primary N) is 1. The predicted molar refractivity (Wildman–Crippen MR) is 121 cm³/mol. The molecule has 2 aromatic heterocycles. The van der Waals surface area contributed by atoms with Crippen molar-refractivity contribution in [1.82, 2.24) is 24.1 Å². The highest BCUT2D eigenvalue weighted by molar-refractivity contribution is 7.89. The molecular formula is C22H28N6O3S. The lowest BCUT2D eigenvalue weighted by atomic mass is 9.93. The zero-order valence-corrected chi connectivity index (χ0v) is 18.7. The summed E-state index contributed by atoms with van der Waals surface area (Å²) in [4.78, 5) is 8.89. The number of anilines is 1. The third-order valence-electron chi connectivity index (χ3n) is 6.56. The number of rotatable bonds is 4. The Kier molecular flexibility index (Phi) is 5.60. The van der Waals surface area contributed by atoms with Crippen LogP contribution in [0.1, 0.15) is 51.0 Å². The van der Waals surface area contributed by atoms with Crippen LogP contribution >= 0.6 is 0 Å². The van der Waals surface area contributed by atoms with Gasteiger partial charge in [0, 0.05) is 24.8 Å². The Bertz CT molecular complexity index is 1210. The van der Waals surface area contributed by atoms with Crippen LogP contribution in [-0.4, -0.2) is 56.8 Å². The molecule has 1 saturated carbocycles. The lowest BCUT2D eigenvalue weighted by Crippen LogP contribution is -2.35. The van der Waals surface area contributed by atoms with Gasteiger partial charge in [-0.25, -0.2) is 18.1 Å². The van der Waals surface area contributed by atoms with E-state index >= 15 is 0 Å². The summed E-state index contributed by atoms with van der Waals surface area (Å²) < 4.78 is 29.4. The number of benzene rings is 1. The standard InChI is InChI=1S/C22H28N6O3S/c23-22-24-14-19-20(26-28(21(19)25-22)16-6-8-17(29)9-7-16)15-4-10-18(11-5-15)32(30,31)27-12-2-1-3-13-27/h4-5,10-11,14,16-17,29H,1-3,6-9,12-13H2,(H2,23,24,25). The van der Waals surface area contributed by atoms with Crippen LogP contribution in [0.15, 0.2) is 35.4 Å². The third-order valence-corrected chi connectivity index (χ3v) is 8.47. The zero-order valence-electron chi connectivity index (χ0n) is 17.9. The molecule has 0 bridgehead atoms. The quantitative estimate of drug-likeness (QED) is 0.618. The van der Waals surface area contributed by atoms with Gasteiger partial charge in [-0.15, -0.1) is 0 Å². The van der Waals surface area contributed by atoms with Crippen molar-refractivity contribution in [3.63, 3.8) is 0 Å². The molecule has 0 unspecified atom stereocenters. The number of aliphatic hydroxyl groups is 1. The Morgan fingerprint density at radius 2 is 1.69 bits per heavy atom. The molecule has 3 aromatic rings. The number of fused-ring (bicyclic) bond motifs is 1. The summed E-state index contributed by atoms with van der Waals surface area (Å²) in [5, 5.41) is 15.5. The summed E-state index contributed by atoms with van der Waals surface area (Å²) in [5.41, 5.74) is 8.03. The van der Waals surface area contributed by atoms with E-state index in [0.717, 1.165) is 55.9 Å². The molecule has 9 nitrogen and oxygen atoms in total. The summed E-state index contributed by atoms with van der Waals surface area (Å²) >= 11 is 0. The minimum Gasteiger partial charge on any atom is -0.393 e. The normalized spacial score (nSPS) is 22.9. The molecule has 32 heavy (non-hydrogen) atoms. The van der Waals surface area contributed by atoms with E-state index in [1.807, 2.05) is 4.68 Å². The predicted octanol–water partition coefficient (Wildman–Crippen LogP) is 2.73. The van der Waals surface area contributed by atoms with Crippen LogP contribution in [-0.2, 0) is 10.0 Å². The minimum atomic E-state index is -3.48. The van der Waals surface area contributed by atoms with Gasteiger partial charge >= 0.3 is 0 Å². The van der Waals surface area contributed by atoms with E-state index in [2.05, 4.69) is 9.97 Å². The summed E-state index contributed by atoms with van der Waals surface area (Å²) in [7, 11) is -3.48. The van der Waals surface area contributed by atoms with Crippen LogP contribution in [0.2, 0.25) is 0 Å². The average Bonchev–Trinajstić information content (AvgIpc) is 3.19. The first kappa shape index (κ1) is 21.3. The second-order valence-electron chi connectivity index (χ2n) is 8.71. The van der Waals surface area contributed by atoms with E-state index in [0.29, 0.717) is 29.3 Å². The molecule has 1 aromatic carbocycles. The Hall–Kier alpha value is -2.56. The van der Waals surface area contributed by atoms with Crippen LogP contribution in [0, 0.1) is 0 Å². The molecule has 0 atom stereocenters. The van der Waals surface area contributed by atoms with Crippen molar-refractivity contribution >= 4 is 27.0 Å². The topological polar surface area (TPSA) is 127 Å². The van der Waals surface area contributed by atoms with Crippen LogP contribution in [0.25, 0.3) is 22.3 Å². The highest BCUT2D eigenvalue weighted by atomic mass is 32.2. The number of hydrogen-bond donors (Lipinski definition) is 2. The number of aromatic nitrogens is 4. The summed E-state index contributed by atoms with van der Waals surface area (Å²) in [5.74, 6) is 0.184. The molecule has 170 valence electrons. The van der Waals surface area contributed by atoms with E-state index in [1.165, 1.54) is 0 Å². The summed E-state index contributed by atoms with van der Waals surface area (Å²) in [6.45, 7) is 1.15. The van der Waals surface area contributed by atoms with Gasteiger partial charge in [0.15, 0.2) is 5.65 Å². The van der Waals surface area contributed by atoms with Crippen LogP contribution in [0.4, 0.5) is 5.95 Å². The number of nitrogens with zero attached hydrogens (tertiary/aromatic N) is 5. The largest absolute Gasteiger partial charge is 0.393 e. The average molecular weight is 457 g/mol. The van der Waals surface area contributed by atoms with Crippen LogP contribution in [0.5, 0.6) is 0 Å². The molecular weight excluding hydrogens is 428 g/mol. The van der Waals surface area contributed by atoms with Crippen molar-refractivity contribution in [2.75, 3.05) is 18.8 Å². The fourth-order valence-corrected chi connectivity index (χ4v) is 6.26. The SMILES string of the molecule is Nc1ncc2c(-c3ccc(S(=O)(=O)N4CCCCC4)cc3)nn(C3CCC(O)CC3)c2n1. The van der Waals surface area contributed by atoms with Crippen LogP contribution in [0.3, 0.4) is 0 Å². The van der Waals surface area contributed by atoms with E-state index < -0.39 is 10.0 Å². The Morgan fingerprint density at radius 1 is 1.00 bits per heavy atom. The summed E-state index contributed by atoms with van der Waals surface area (Å²) in [6.07, 6.45) is 7.38. The molecule has 3 heterocycles. The Balaban J connectivity index is 1.51. The van der Waals surface area contributed by atoms with Gasteiger partial charge in [-0.3, -0.25) is 0 Å². The van der Waals surface area contributed by atoms with Crippen molar-refractivity contribution in [2.24, 2.45) is 0 Å². The van der Waals surface area contributed by atoms with E-state index in [9.17, 15) is 13.5 Å². The second-order valence-corrected chi connectivity index (χ2v) is 10.6. The number of piperidine rings is 1. The van der Waals surface area contributed by atoms with E-state index in [-0.39, 0.29) is 18.1 Å². The maximum Gasteiger partial charge on any atom is 0.243 e. The fraction of sp³-hybridized carbons (Fsp3) is 0.500. The van der Waals surface area contributed by atoms with Gasteiger partial charge in [-0.05, 0) is 50.7 Å². The van der Waals surface area contributed by atoms with E-state index in [4.69, 9.17) is 10.8 Å². The molecule has 1 aliphatic carbocycles. The van der Waals surface area contributed by atoms with Gasteiger partial charge in [-0.1, -0.05) is 18.6 Å². The smallest absolute Gasteiger partial charge is 0.243 e. The third kappa shape index (κ3) is 3.87. The zero-order chi connectivity index (χ0) is 22.3. The maximum absolute atomic E-state index is 13.0. The first-order valence-corrected chi connectivity index (χ1v) is 12.7. The number of hydrogen-bond acceptors (Lipinski definition) is 7. The highest BCUT2D eigenvalue weighted by Gasteiger charge is 2.27. The van der Waals surface area contributed by atoms with Gasteiger partial charge in [0.1, 0.15) is 5.69 Å². The van der Waals surface area contributed by atoms with Crippen molar-refractivity contribution < 1.29 is 13.5 Å². The molecule has 2 aliphatic rings. The molecule has 0 amide bonds. The Morgan fingerprint density at radius 3 is 2.38 bits per heavy atom. The molecule has 0 radical (unpaired) electrons. The van der Waals surface area contributed by atoms with Gasteiger partial charge in [0.05, 0.1) is 22.4 Å². The van der Waals surface area contributed by atoms with Crippen molar-refractivity contribution in [2.45, 2.75) is 62.0 Å². The van der Waals surface area contributed by atoms with Gasteiger partial charge < -0.3 is 10.8 Å². The molecule has 5 rings (SSSR count). The maximum atomic E-state index is 13.0. The number of sulfonamides is 1. The molecule has 2 fully saturated rings. The molecule has 3 N–H and O–H groups in total. The number of aliphatic hydroxyl groups excluding tert-OH is 1. The van der Waals surface area contributed by atoms with Crippen molar-refractivity contribution in [3.8, 4) is 11.3 Å². The highest BCUT2D eigenvalue weighted by Crippen LogP contribution is 2.34. The first-order chi connectivity index (χ1) is 15.4. The van der Waals surface area contributed by atoms with Gasteiger partial charge in [0.25, 0.3) is 0 Å². The minimum absolute atomic E-state index is 0.128. The second kappa shape index (κ2) is 8.42. The van der Waals surface area contributed by atoms with Crippen molar-refractivity contribution in [3.05, 3.63) is 30.5 Å². The molecule has 0 spiro atoms. The molecule has 1 aliphatic heterocycles. The lowest BCUT2D eigenvalue weighted by Gasteiger charge is -2.26. The fourth-order valence-electron chi connectivity index (χ4n) is 4.75. The monoisotopic (exact) mass is 456 g/mol. The Labute approximate surface area is 187 Å². The lowest BCUT2D eigenvalue weighted by molar-refractivity contribution is 0.109. The van der Waals surface area contributed by atoms with Crippen molar-refractivity contribution in [1.29, 1.82) is 0 Å². The molecule has 1 saturated heterocycles. The van der Waals surface area contributed by atoms with E-state index in [1.54, 1.807) is 34.8 Å². The van der Waals surface area contributed by atoms with Gasteiger partial charge in [0.2, 0.25) is 16.0 Å². The number of nitrogen functional groups attached to an aromatic ring is 1. The van der Waals surface area contributed by atoms with Gasteiger partial charge in [-0.2, -0.15) is 14.4 Å². The first-order valence-electron chi connectivity index (χ1n) is 11.2. The van der Waals surface area contributed by atoms with Crippen LogP contribution < -0.4 is 5.73 Å². The molecule has 10 heteroatoms. The summed E-state index contributed by atoms with van der Waals surface area (Å²) in [6, 6.07) is 7.02.